The van der Waals surface area contributed by atoms with Gasteiger partial charge in [0, 0.05) is 16.5 Å². The maximum Gasteiger partial charge on any atom is 0.149 e. The fourth-order valence-electron chi connectivity index (χ4n) is 5.80. The van der Waals surface area contributed by atoms with Crippen molar-refractivity contribution in [3.63, 3.8) is 0 Å². The summed E-state index contributed by atoms with van der Waals surface area (Å²) in [6.07, 6.45) is 1.87. The number of benzene rings is 5. The summed E-state index contributed by atoms with van der Waals surface area (Å²) < 4.78 is 8.56. The van der Waals surface area contributed by atoms with Gasteiger partial charge in [0.1, 0.15) is 17.7 Å². The zero-order chi connectivity index (χ0) is 28.1. The molecule has 3 nitrogen and oxygen atoms in total. The summed E-state index contributed by atoms with van der Waals surface area (Å²) in [6.45, 7) is 8.85. The second-order valence-corrected chi connectivity index (χ2v) is 11.8. The predicted octanol–water partition coefficient (Wildman–Crippen LogP) is 10.4. The van der Waals surface area contributed by atoms with Crippen molar-refractivity contribution in [1.82, 2.24) is 9.55 Å². The Bertz CT molecular complexity index is 1960. The van der Waals surface area contributed by atoms with E-state index < -0.39 is 0 Å². The lowest BCUT2D eigenvalue weighted by Gasteiger charge is -2.20. The molecule has 0 N–H and O–H groups in total. The first-order valence-electron chi connectivity index (χ1n) is 14.1. The lowest BCUT2D eigenvalue weighted by atomic mass is 9.86. The van der Waals surface area contributed by atoms with Gasteiger partial charge in [-0.05, 0) is 64.9 Å². The summed E-state index contributed by atoms with van der Waals surface area (Å²) in [7, 11) is 0. The minimum Gasteiger partial charge on any atom is -0.464 e. The number of furan rings is 1. The van der Waals surface area contributed by atoms with Crippen LogP contribution in [-0.4, -0.2) is 9.55 Å². The van der Waals surface area contributed by atoms with Crippen molar-refractivity contribution in [2.24, 2.45) is 0 Å². The van der Waals surface area contributed by atoms with E-state index in [1.165, 1.54) is 22.3 Å². The van der Waals surface area contributed by atoms with Crippen molar-refractivity contribution in [2.45, 2.75) is 33.1 Å². The van der Waals surface area contributed by atoms with Gasteiger partial charge in [-0.2, -0.15) is 0 Å². The van der Waals surface area contributed by atoms with Crippen molar-refractivity contribution >= 4 is 22.0 Å². The van der Waals surface area contributed by atoms with Crippen LogP contribution in [0.3, 0.4) is 0 Å². The molecule has 0 aliphatic carbocycles. The molecule has 0 unspecified atom stereocenters. The summed E-state index contributed by atoms with van der Waals surface area (Å²) in [5.74, 6) is 0.867. The zero-order valence-electron chi connectivity index (χ0n) is 23.8. The molecule has 0 fully saturated rings. The molecule has 0 aliphatic rings. The maximum absolute atomic E-state index is 6.22. The average molecular weight is 533 g/mol. The molecule has 2 heterocycles. The Balaban J connectivity index is 1.59. The van der Waals surface area contributed by atoms with Crippen LogP contribution in [0.2, 0.25) is 0 Å². The first-order valence-corrected chi connectivity index (χ1v) is 14.1. The molecule has 0 amide bonds. The van der Waals surface area contributed by atoms with Crippen LogP contribution < -0.4 is 0 Å². The molecule has 200 valence electrons. The minimum absolute atomic E-state index is 0.0331. The smallest absolute Gasteiger partial charge is 0.149 e. The highest BCUT2D eigenvalue weighted by atomic mass is 16.3. The van der Waals surface area contributed by atoms with Crippen molar-refractivity contribution in [2.75, 3.05) is 0 Å². The number of rotatable bonds is 4. The molecule has 41 heavy (non-hydrogen) atoms. The van der Waals surface area contributed by atoms with Gasteiger partial charge in [0.05, 0.1) is 22.3 Å². The van der Waals surface area contributed by atoms with Crippen molar-refractivity contribution in [3.05, 3.63) is 133 Å². The number of hydrogen-bond donors (Lipinski definition) is 0. The first kappa shape index (κ1) is 25.1. The Morgan fingerprint density at radius 1 is 0.659 bits per heavy atom. The van der Waals surface area contributed by atoms with Crippen LogP contribution in [-0.2, 0) is 5.41 Å². The third-order valence-electron chi connectivity index (χ3n) is 7.89. The van der Waals surface area contributed by atoms with Gasteiger partial charge in [-0.25, -0.2) is 4.98 Å². The largest absolute Gasteiger partial charge is 0.464 e. The van der Waals surface area contributed by atoms with E-state index in [2.05, 4.69) is 148 Å². The molecule has 0 saturated carbocycles. The average Bonchev–Trinajstić information content (AvgIpc) is 3.58. The van der Waals surface area contributed by atoms with Crippen LogP contribution in [0.25, 0.3) is 61.3 Å². The highest BCUT2D eigenvalue weighted by Gasteiger charge is 2.24. The number of imidazole rings is 1. The second-order valence-electron chi connectivity index (χ2n) is 11.8. The topological polar surface area (TPSA) is 31.0 Å². The van der Waals surface area contributed by atoms with Crippen LogP contribution in [0.1, 0.15) is 31.9 Å². The van der Waals surface area contributed by atoms with Crippen LogP contribution in [0, 0.1) is 6.92 Å². The molecular formula is C38H32N2O. The fraction of sp³-hybridized carbons (Fsp3) is 0.132. The summed E-state index contributed by atoms with van der Waals surface area (Å²) in [6, 6.07) is 40.8. The van der Waals surface area contributed by atoms with Gasteiger partial charge in [0.2, 0.25) is 0 Å². The number of nitrogens with zero attached hydrogens (tertiary/aromatic N) is 2. The van der Waals surface area contributed by atoms with E-state index in [4.69, 9.17) is 9.40 Å². The van der Waals surface area contributed by atoms with Gasteiger partial charge < -0.3 is 4.42 Å². The lowest BCUT2D eigenvalue weighted by molar-refractivity contribution is 0.583. The molecule has 0 spiro atoms. The van der Waals surface area contributed by atoms with Crippen LogP contribution >= 0.6 is 0 Å². The Hall–Kier alpha value is -4.89. The summed E-state index contributed by atoms with van der Waals surface area (Å²) in [5.41, 5.74) is 12.1. The summed E-state index contributed by atoms with van der Waals surface area (Å²) in [4.78, 5) is 5.25. The maximum atomic E-state index is 6.22. The Kier molecular flexibility index (Phi) is 5.90. The summed E-state index contributed by atoms with van der Waals surface area (Å²) >= 11 is 0. The van der Waals surface area contributed by atoms with E-state index in [0.717, 1.165) is 50.2 Å². The van der Waals surface area contributed by atoms with Gasteiger partial charge in [-0.1, -0.05) is 106 Å². The number of aryl methyl sites for hydroxylation is 1. The van der Waals surface area contributed by atoms with E-state index >= 15 is 0 Å². The highest BCUT2D eigenvalue weighted by Crippen LogP contribution is 2.42. The molecule has 0 saturated heterocycles. The summed E-state index contributed by atoms with van der Waals surface area (Å²) in [5, 5.41) is 1.06. The van der Waals surface area contributed by atoms with Crippen LogP contribution in [0.15, 0.2) is 126 Å². The van der Waals surface area contributed by atoms with E-state index in [0.29, 0.717) is 0 Å². The molecule has 5 aromatic carbocycles. The Morgan fingerprint density at radius 3 is 1.90 bits per heavy atom. The highest BCUT2D eigenvalue weighted by molar-refractivity contribution is 5.98. The monoisotopic (exact) mass is 532 g/mol. The standard InChI is InChI=1S/C38H32N2O/c1-25-21-30(26-13-7-5-8-14-26)36(31(22-25)27-15-9-6-10-16-27)40-34-18-12-11-17-33(34)39-37(40)32-24-41-35-23-28(38(2,3)4)19-20-29(32)35/h5-24H,1-4H3. The molecule has 7 rings (SSSR count). The fourth-order valence-corrected chi connectivity index (χ4v) is 5.80. The SMILES string of the molecule is Cc1cc(-c2ccccc2)c(-n2c(-c3coc4cc(C(C)(C)C)ccc34)nc3ccccc32)c(-c2ccccc2)c1. The van der Waals surface area contributed by atoms with Gasteiger partial charge in [-0.15, -0.1) is 0 Å². The van der Waals surface area contributed by atoms with Crippen molar-refractivity contribution < 1.29 is 4.42 Å². The molecular weight excluding hydrogens is 500 g/mol. The third kappa shape index (κ3) is 4.35. The van der Waals surface area contributed by atoms with Crippen LogP contribution in [0.5, 0.6) is 0 Å². The minimum atomic E-state index is 0.0331. The molecule has 0 aliphatic heterocycles. The Morgan fingerprint density at radius 2 is 1.27 bits per heavy atom. The number of aromatic nitrogens is 2. The van der Waals surface area contributed by atoms with Crippen LogP contribution in [0.4, 0.5) is 0 Å². The van der Waals surface area contributed by atoms with Crippen molar-refractivity contribution in [1.29, 1.82) is 0 Å². The quantitative estimate of drug-likeness (QED) is 0.226. The van der Waals surface area contributed by atoms with E-state index in [1.807, 2.05) is 6.26 Å². The second kappa shape index (κ2) is 9.64. The van der Waals surface area contributed by atoms with E-state index in [-0.39, 0.29) is 5.41 Å². The number of para-hydroxylation sites is 2. The van der Waals surface area contributed by atoms with Crippen molar-refractivity contribution in [3.8, 4) is 39.3 Å². The number of fused-ring (bicyclic) bond motifs is 2. The first-order chi connectivity index (χ1) is 19.9. The molecule has 0 radical (unpaired) electrons. The van der Waals surface area contributed by atoms with E-state index in [9.17, 15) is 0 Å². The van der Waals surface area contributed by atoms with Gasteiger partial charge in [0.15, 0.2) is 0 Å². The molecule has 3 heteroatoms. The molecule has 0 bridgehead atoms. The predicted molar refractivity (Wildman–Crippen MR) is 171 cm³/mol. The van der Waals surface area contributed by atoms with Gasteiger partial charge in [0.25, 0.3) is 0 Å². The van der Waals surface area contributed by atoms with E-state index in [1.54, 1.807) is 0 Å². The Labute approximate surface area is 240 Å². The molecule has 2 aromatic heterocycles. The normalized spacial score (nSPS) is 11.9. The molecule has 0 atom stereocenters. The third-order valence-corrected chi connectivity index (χ3v) is 7.89. The van der Waals surface area contributed by atoms with Gasteiger partial charge in [-0.3, -0.25) is 4.57 Å². The zero-order valence-corrected chi connectivity index (χ0v) is 23.8. The lowest BCUT2D eigenvalue weighted by Crippen LogP contribution is -2.10. The number of hydrogen-bond acceptors (Lipinski definition) is 2. The molecule has 7 aromatic rings. The van der Waals surface area contributed by atoms with Gasteiger partial charge >= 0.3 is 0 Å².